The summed E-state index contributed by atoms with van der Waals surface area (Å²) >= 11 is 0. The highest BCUT2D eigenvalue weighted by atomic mass is 16.5. The summed E-state index contributed by atoms with van der Waals surface area (Å²) in [5, 5.41) is 17.1. The molecule has 0 saturated heterocycles. The maximum atomic E-state index is 9.40. The van der Waals surface area contributed by atoms with Crippen LogP contribution in [0, 0.1) is 0 Å². The molecule has 0 atom stereocenters. The van der Waals surface area contributed by atoms with Crippen molar-refractivity contribution in [1.82, 2.24) is 4.98 Å². The third-order valence-corrected chi connectivity index (χ3v) is 2.00. The minimum Gasteiger partial charge on any atom is -0.384 e. The van der Waals surface area contributed by atoms with Gasteiger partial charge in [0.15, 0.2) is 11.5 Å². The summed E-state index contributed by atoms with van der Waals surface area (Å²) in [6.07, 6.45) is 1.44. The van der Waals surface area contributed by atoms with Crippen molar-refractivity contribution in [2.75, 3.05) is 11.5 Å². The van der Waals surface area contributed by atoms with Crippen molar-refractivity contribution in [2.45, 2.75) is 0 Å². The van der Waals surface area contributed by atoms with Gasteiger partial charge in [0, 0.05) is 6.07 Å². The second-order valence-corrected chi connectivity index (χ2v) is 3.24. The van der Waals surface area contributed by atoms with E-state index in [2.05, 4.69) is 15.2 Å². The summed E-state index contributed by atoms with van der Waals surface area (Å²) in [5.74, 6) is 0.788. The zero-order valence-electron chi connectivity index (χ0n) is 8.85. The summed E-state index contributed by atoms with van der Waals surface area (Å²) in [4.78, 5) is 3.84. The first-order valence-electron chi connectivity index (χ1n) is 4.80. The van der Waals surface area contributed by atoms with Crippen LogP contribution in [0.3, 0.4) is 0 Å². The second-order valence-electron chi connectivity index (χ2n) is 3.24. The minimum atomic E-state index is 0.189. The van der Waals surface area contributed by atoms with Crippen LogP contribution in [0.1, 0.15) is 0 Å². The van der Waals surface area contributed by atoms with E-state index in [1.165, 1.54) is 6.20 Å². The van der Waals surface area contributed by atoms with Crippen molar-refractivity contribution >= 4 is 23.1 Å². The van der Waals surface area contributed by atoms with Gasteiger partial charge in [-0.05, 0) is 34.1 Å². The van der Waals surface area contributed by atoms with Gasteiger partial charge in [-0.1, -0.05) is 0 Å². The average Bonchev–Trinajstić information content (AvgIpc) is 2.30. The monoisotopic (exact) mass is 231 g/mol. The second kappa shape index (κ2) is 4.44. The van der Waals surface area contributed by atoms with E-state index in [1.807, 2.05) is 0 Å². The standard InChI is InChI=1S/C10H10N6O/c11-8-5-4-7(10(12)13-8)14-15-9-3-1-2-6-16(9)17/h1-6,17H,(H3,11,12,13)/p+1. The molecule has 2 aromatic rings. The van der Waals surface area contributed by atoms with E-state index in [4.69, 9.17) is 11.5 Å². The Morgan fingerprint density at radius 3 is 2.65 bits per heavy atom. The number of nitrogen functional groups attached to an aromatic ring is 2. The number of azo groups is 1. The molecule has 2 heterocycles. The van der Waals surface area contributed by atoms with Crippen LogP contribution < -0.4 is 16.2 Å². The van der Waals surface area contributed by atoms with Crippen LogP contribution >= 0.6 is 0 Å². The van der Waals surface area contributed by atoms with E-state index in [0.717, 1.165) is 4.73 Å². The van der Waals surface area contributed by atoms with Crippen LogP contribution in [0.4, 0.5) is 23.1 Å². The summed E-state index contributed by atoms with van der Waals surface area (Å²) in [5.41, 5.74) is 11.5. The van der Waals surface area contributed by atoms with Crippen LogP contribution in [0.2, 0.25) is 0 Å². The Labute approximate surface area is 97.0 Å². The fourth-order valence-electron chi connectivity index (χ4n) is 1.18. The van der Waals surface area contributed by atoms with Crippen LogP contribution in [-0.4, -0.2) is 10.2 Å². The van der Waals surface area contributed by atoms with E-state index in [9.17, 15) is 5.21 Å². The van der Waals surface area contributed by atoms with E-state index in [0.29, 0.717) is 11.5 Å². The first-order chi connectivity index (χ1) is 8.16. The Morgan fingerprint density at radius 1 is 1.12 bits per heavy atom. The molecule has 0 saturated carbocycles. The molecule has 86 valence electrons. The van der Waals surface area contributed by atoms with Gasteiger partial charge in [-0.2, -0.15) is 0 Å². The molecule has 7 nitrogen and oxygen atoms in total. The smallest absolute Gasteiger partial charge is 0.384 e. The normalized spacial score (nSPS) is 10.8. The number of hydrogen-bond acceptors (Lipinski definition) is 6. The van der Waals surface area contributed by atoms with Crippen LogP contribution in [-0.2, 0) is 0 Å². The largest absolute Gasteiger partial charge is 0.388 e. The lowest BCUT2D eigenvalue weighted by molar-refractivity contribution is -0.894. The molecule has 0 amide bonds. The van der Waals surface area contributed by atoms with Crippen molar-refractivity contribution in [3.63, 3.8) is 0 Å². The van der Waals surface area contributed by atoms with Gasteiger partial charge in [0.1, 0.15) is 12.0 Å². The summed E-state index contributed by atoms with van der Waals surface area (Å²) in [6, 6.07) is 8.17. The molecule has 2 aromatic heterocycles. The average molecular weight is 231 g/mol. The Hall–Kier alpha value is -2.70. The molecule has 5 N–H and O–H groups in total. The fourth-order valence-corrected chi connectivity index (χ4v) is 1.18. The van der Waals surface area contributed by atoms with Gasteiger partial charge in [0.05, 0.1) is 5.11 Å². The lowest BCUT2D eigenvalue weighted by Crippen LogP contribution is -2.28. The van der Waals surface area contributed by atoms with Crippen molar-refractivity contribution in [1.29, 1.82) is 0 Å². The first kappa shape index (κ1) is 10.8. The number of anilines is 2. The summed E-state index contributed by atoms with van der Waals surface area (Å²) < 4.78 is 0.852. The molecular formula is C10H11N6O+. The van der Waals surface area contributed by atoms with Gasteiger partial charge in [-0.25, -0.2) is 4.98 Å². The number of nitrogens with two attached hydrogens (primary N) is 2. The molecule has 17 heavy (non-hydrogen) atoms. The lowest BCUT2D eigenvalue weighted by atomic mass is 10.4. The molecule has 0 spiro atoms. The van der Waals surface area contributed by atoms with Crippen molar-refractivity contribution in [3.8, 4) is 0 Å². The maximum Gasteiger partial charge on any atom is 0.388 e. The molecule has 0 aromatic carbocycles. The van der Waals surface area contributed by atoms with E-state index >= 15 is 0 Å². The molecule has 0 radical (unpaired) electrons. The molecule has 7 heteroatoms. The van der Waals surface area contributed by atoms with Gasteiger partial charge >= 0.3 is 5.82 Å². The van der Waals surface area contributed by atoms with Gasteiger partial charge in [-0.3, -0.25) is 0 Å². The fraction of sp³-hybridized carbons (Fsp3) is 0. The lowest BCUT2D eigenvalue weighted by Gasteiger charge is -1.96. The number of aromatic nitrogens is 2. The number of hydrogen-bond donors (Lipinski definition) is 3. The zero-order chi connectivity index (χ0) is 12.3. The van der Waals surface area contributed by atoms with Crippen LogP contribution in [0.25, 0.3) is 0 Å². The van der Waals surface area contributed by atoms with E-state index < -0.39 is 0 Å². The molecule has 0 unspecified atom stereocenters. The first-order valence-corrected chi connectivity index (χ1v) is 4.80. The highest BCUT2D eigenvalue weighted by molar-refractivity contribution is 5.59. The minimum absolute atomic E-state index is 0.189. The molecule has 0 fully saturated rings. The van der Waals surface area contributed by atoms with Crippen molar-refractivity contribution in [3.05, 3.63) is 36.5 Å². The number of nitrogens with zero attached hydrogens (tertiary/aromatic N) is 4. The molecule has 0 aliphatic heterocycles. The molecule has 2 rings (SSSR count). The molecular weight excluding hydrogens is 220 g/mol. The van der Waals surface area contributed by atoms with E-state index in [1.54, 1.807) is 30.3 Å². The van der Waals surface area contributed by atoms with Gasteiger partial charge in [0.2, 0.25) is 0 Å². The number of pyridine rings is 2. The predicted molar refractivity (Wildman–Crippen MR) is 61.1 cm³/mol. The quantitative estimate of drug-likeness (QED) is 0.409. The molecule has 0 aliphatic carbocycles. The van der Waals surface area contributed by atoms with Crippen LogP contribution in [0.15, 0.2) is 46.8 Å². The third kappa shape index (κ3) is 2.46. The third-order valence-electron chi connectivity index (χ3n) is 2.00. The zero-order valence-corrected chi connectivity index (χ0v) is 8.85. The highest BCUT2D eigenvalue weighted by Gasteiger charge is 2.08. The van der Waals surface area contributed by atoms with Crippen LogP contribution in [0.5, 0.6) is 0 Å². The van der Waals surface area contributed by atoms with Gasteiger partial charge in [-0.15, -0.1) is 0 Å². The van der Waals surface area contributed by atoms with Crippen molar-refractivity contribution < 1.29 is 9.94 Å². The predicted octanol–water partition coefficient (Wildman–Crippen LogP) is 1.19. The SMILES string of the molecule is Nc1ccc(N=Nc2cccc[n+]2O)c(N)n1. The van der Waals surface area contributed by atoms with E-state index in [-0.39, 0.29) is 11.6 Å². The summed E-state index contributed by atoms with van der Waals surface area (Å²) in [6.45, 7) is 0. The van der Waals surface area contributed by atoms with Gasteiger partial charge in [0.25, 0.3) is 0 Å². The summed E-state index contributed by atoms with van der Waals surface area (Å²) in [7, 11) is 0. The Bertz CT molecular complexity index is 568. The van der Waals surface area contributed by atoms with Gasteiger partial charge < -0.3 is 16.7 Å². The molecule has 0 aliphatic rings. The Balaban J connectivity index is 2.29. The number of rotatable bonds is 2. The Morgan fingerprint density at radius 2 is 1.94 bits per heavy atom. The highest BCUT2D eigenvalue weighted by Crippen LogP contribution is 2.22. The van der Waals surface area contributed by atoms with Crippen molar-refractivity contribution in [2.24, 2.45) is 10.2 Å². The Kier molecular flexibility index (Phi) is 2.82. The topological polar surface area (TPSA) is 114 Å². The molecule has 0 bridgehead atoms. The maximum absolute atomic E-state index is 9.40.